The lowest BCUT2D eigenvalue weighted by molar-refractivity contribution is 0.414. The van der Waals surface area contributed by atoms with Crippen molar-refractivity contribution in [2.24, 2.45) is 5.10 Å². The van der Waals surface area contributed by atoms with Gasteiger partial charge in [-0.25, -0.2) is 0 Å². The Bertz CT molecular complexity index is 662. The molecule has 0 heterocycles. The van der Waals surface area contributed by atoms with Gasteiger partial charge in [-0.15, -0.1) is 0 Å². The van der Waals surface area contributed by atoms with Crippen LogP contribution in [0.25, 0.3) is 0 Å². The second-order valence-electron chi connectivity index (χ2n) is 4.42. The number of hydrogen-bond acceptors (Lipinski definition) is 3. The number of benzene rings is 2. The zero-order valence-corrected chi connectivity index (χ0v) is 14.4. The summed E-state index contributed by atoms with van der Waals surface area (Å²) < 4.78 is 6.23. The molecule has 2 N–H and O–H groups in total. The van der Waals surface area contributed by atoms with E-state index < -0.39 is 0 Å². The van der Waals surface area contributed by atoms with Crippen molar-refractivity contribution in [1.82, 2.24) is 10.7 Å². The van der Waals surface area contributed by atoms with Gasteiger partial charge in [-0.1, -0.05) is 46.3 Å². The van der Waals surface area contributed by atoms with Crippen molar-refractivity contribution in [1.29, 1.82) is 0 Å². The Morgan fingerprint density at radius 3 is 2.77 bits per heavy atom. The number of hydrazone groups is 1. The molecule has 2 aromatic carbocycles. The van der Waals surface area contributed by atoms with E-state index in [0.717, 1.165) is 21.3 Å². The summed E-state index contributed by atoms with van der Waals surface area (Å²) in [5, 5.41) is 7.68. The van der Waals surface area contributed by atoms with Crippen molar-refractivity contribution in [2.75, 3.05) is 7.11 Å². The summed E-state index contributed by atoms with van der Waals surface area (Å²) in [6.45, 7) is 0.655. The molecule has 22 heavy (non-hydrogen) atoms. The smallest absolute Gasteiger partial charge is 0.187 e. The first-order valence-electron chi connectivity index (χ1n) is 6.63. The molecule has 114 valence electrons. The molecule has 0 amide bonds. The molecule has 0 aliphatic heterocycles. The van der Waals surface area contributed by atoms with Crippen LogP contribution in [0.5, 0.6) is 5.75 Å². The lowest BCUT2D eigenvalue weighted by Crippen LogP contribution is -2.31. The molecule has 0 aromatic heterocycles. The van der Waals surface area contributed by atoms with E-state index in [0.29, 0.717) is 11.7 Å². The van der Waals surface area contributed by atoms with E-state index in [1.807, 2.05) is 48.5 Å². The lowest BCUT2D eigenvalue weighted by atomic mass is 10.2. The number of thiocarbonyl (C=S) groups is 1. The maximum atomic E-state index is 5.27. The molecule has 0 aliphatic carbocycles. The molecule has 0 spiro atoms. The van der Waals surface area contributed by atoms with Gasteiger partial charge in [0, 0.05) is 16.6 Å². The SMILES string of the molecule is COc1ccc(Br)cc1/C=N/NC(=S)NCc1ccccc1. The fourth-order valence-corrected chi connectivity index (χ4v) is 2.29. The molecule has 0 atom stereocenters. The van der Waals surface area contributed by atoms with Gasteiger partial charge in [0.15, 0.2) is 5.11 Å². The summed E-state index contributed by atoms with van der Waals surface area (Å²) in [6, 6.07) is 15.7. The standard InChI is InChI=1S/C16H16BrN3OS/c1-21-15-8-7-14(17)9-13(15)11-19-20-16(22)18-10-12-5-3-2-4-6-12/h2-9,11H,10H2,1H3,(H2,18,20,22)/b19-11+. The molecular formula is C16H16BrN3OS. The van der Waals surface area contributed by atoms with E-state index >= 15 is 0 Å². The maximum absolute atomic E-state index is 5.27. The van der Waals surface area contributed by atoms with Gasteiger partial charge < -0.3 is 10.1 Å². The molecule has 0 aliphatic rings. The fourth-order valence-electron chi connectivity index (χ4n) is 1.78. The molecule has 0 unspecified atom stereocenters. The largest absolute Gasteiger partial charge is 0.496 e. The van der Waals surface area contributed by atoms with E-state index in [9.17, 15) is 0 Å². The second kappa shape index (κ2) is 8.51. The quantitative estimate of drug-likeness (QED) is 0.475. The van der Waals surface area contributed by atoms with Crippen LogP contribution in [0, 0.1) is 0 Å². The highest BCUT2D eigenvalue weighted by atomic mass is 79.9. The molecule has 2 aromatic rings. The summed E-state index contributed by atoms with van der Waals surface area (Å²) in [5.41, 5.74) is 4.80. The number of rotatable bonds is 5. The van der Waals surface area contributed by atoms with E-state index in [2.05, 4.69) is 31.8 Å². The van der Waals surface area contributed by atoms with Crippen LogP contribution < -0.4 is 15.5 Å². The summed E-state index contributed by atoms with van der Waals surface area (Å²) in [4.78, 5) is 0. The van der Waals surface area contributed by atoms with E-state index in [-0.39, 0.29) is 0 Å². The third-order valence-electron chi connectivity index (χ3n) is 2.86. The van der Waals surface area contributed by atoms with Crippen molar-refractivity contribution in [3.8, 4) is 5.75 Å². The van der Waals surface area contributed by atoms with Crippen LogP contribution in [-0.2, 0) is 6.54 Å². The summed E-state index contributed by atoms with van der Waals surface area (Å²) in [6.07, 6.45) is 1.67. The maximum Gasteiger partial charge on any atom is 0.187 e. The molecule has 0 saturated heterocycles. The average Bonchev–Trinajstić information content (AvgIpc) is 2.54. The number of ether oxygens (including phenoxy) is 1. The van der Waals surface area contributed by atoms with Crippen LogP contribution in [0.15, 0.2) is 58.1 Å². The first kappa shape index (κ1) is 16.5. The topological polar surface area (TPSA) is 45.6 Å². The van der Waals surface area contributed by atoms with Crippen LogP contribution in [0.3, 0.4) is 0 Å². The van der Waals surface area contributed by atoms with Crippen LogP contribution in [0.4, 0.5) is 0 Å². The number of nitrogens with zero attached hydrogens (tertiary/aromatic N) is 1. The summed E-state index contributed by atoms with van der Waals surface area (Å²) in [7, 11) is 1.63. The van der Waals surface area contributed by atoms with Crippen molar-refractivity contribution >= 4 is 39.5 Å². The highest BCUT2D eigenvalue weighted by Crippen LogP contribution is 2.21. The van der Waals surface area contributed by atoms with Gasteiger partial charge in [0.25, 0.3) is 0 Å². The van der Waals surface area contributed by atoms with Crippen molar-refractivity contribution in [3.63, 3.8) is 0 Å². The van der Waals surface area contributed by atoms with Crippen molar-refractivity contribution < 1.29 is 4.74 Å². The minimum Gasteiger partial charge on any atom is -0.496 e. The average molecular weight is 378 g/mol. The van der Waals surface area contributed by atoms with Crippen LogP contribution in [0.1, 0.15) is 11.1 Å². The number of nitrogens with one attached hydrogen (secondary N) is 2. The Kier molecular flexibility index (Phi) is 6.36. The van der Waals surface area contributed by atoms with Gasteiger partial charge in [-0.05, 0) is 36.0 Å². The minimum absolute atomic E-state index is 0.467. The Balaban J connectivity index is 1.87. The van der Waals surface area contributed by atoms with E-state index in [4.69, 9.17) is 17.0 Å². The third kappa shape index (κ3) is 5.13. The second-order valence-corrected chi connectivity index (χ2v) is 5.75. The molecular weight excluding hydrogens is 362 g/mol. The summed E-state index contributed by atoms with van der Waals surface area (Å²) in [5.74, 6) is 0.747. The number of hydrogen-bond donors (Lipinski definition) is 2. The molecule has 4 nitrogen and oxygen atoms in total. The first-order valence-corrected chi connectivity index (χ1v) is 7.83. The molecule has 0 saturated carbocycles. The monoisotopic (exact) mass is 377 g/mol. The molecule has 2 rings (SSSR count). The Morgan fingerprint density at radius 2 is 2.05 bits per heavy atom. The zero-order valence-electron chi connectivity index (χ0n) is 12.0. The Labute approximate surface area is 143 Å². The van der Waals surface area contributed by atoms with Gasteiger partial charge in [0.1, 0.15) is 5.75 Å². The van der Waals surface area contributed by atoms with Crippen LogP contribution in [-0.4, -0.2) is 18.4 Å². The molecule has 6 heteroatoms. The Hall–Kier alpha value is -1.92. The summed E-state index contributed by atoms with van der Waals surface area (Å²) >= 11 is 8.60. The third-order valence-corrected chi connectivity index (χ3v) is 3.59. The molecule has 0 radical (unpaired) electrons. The van der Waals surface area contributed by atoms with Gasteiger partial charge in [-0.2, -0.15) is 5.10 Å². The predicted octanol–water partition coefficient (Wildman–Crippen LogP) is 3.46. The molecule has 0 bridgehead atoms. The highest BCUT2D eigenvalue weighted by molar-refractivity contribution is 9.10. The van der Waals surface area contributed by atoms with Gasteiger partial charge in [-0.3, -0.25) is 5.43 Å². The van der Waals surface area contributed by atoms with Crippen LogP contribution in [0.2, 0.25) is 0 Å². The first-order chi connectivity index (χ1) is 10.7. The van der Waals surface area contributed by atoms with Crippen molar-refractivity contribution in [3.05, 3.63) is 64.1 Å². The molecule has 0 fully saturated rings. The minimum atomic E-state index is 0.467. The lowest BCUT2D eigenvalue weighted by Gasteiger charge is -2.07. The van der Waals surface area contributed by atoms with Gasteiger partial charge in [0.2, 0.25) is 0 Å². The Morgan fingerprint density at radius 1 is 1.27 bits per heavy atom. The number of methoxy groups -OCH3 is 1. The normalized spacial score (nSPS) is 10.5. The van der Waals surface area contributed by atoms with E-state index in [1.165, 1.54) is 0 Å². The van der Waals surface area contributed by atoms with Crippen molar-refractivity contribution in [2.45, 2.75) is 6.54 Å². The predicted molar refractivity (Wildman–Crippen MR) is 97.3 cm³/mol. The zero-order chi connectivity index (χ0) is 15.8. The fraction of sp³-hybridized carbons (Fsp3) is 0.125. The highest BCUT2D eigenvalue weighted by Gasteiger charge is 2.01. The number of halogens is 1. The van der Waals surface area contributed by atoms with Gasteiger partial charge >= 0.3 is 0 Å². The van der Waals surface area contributed by atoms with Crippen LogP contribution >= 0.6 is 28.1 Å². The van der Waals surface area contributed by atoms with Gasteiger partial charge in [0.05, 0.1) is 13.3 Å². The van der Waals surface area contributed by atoms with E-state index in [1.54, 1.807) is 13.3 Å².